The zero-order chi connectivity index (χ0) is 14.4. The summed E-state index contributed by atoms with van der Waals surface area (Å²) in [6, 6.07) is 14.8. The molecule has 0 radical (unpaired) electrons. The standard InChI is InChI=1S/C17H16BrN3/c1-21-16-7-6-11(18)10-15(16)20-17(21)13-8-9-19-14-5-3-2-4-12(13)14/h2-7,10,13,19H,8-9H2,1H3. The molecule has 21 heavy (non-hydrogen) atoms. The lowest BCUT2D eigenvalue weighted by Gasteiger charge is -2.26. The first-order valence-electron chi connectivity index (χ1n) is 7.19. The number of aromatic nitrogens is 2. The van der Waals surface area contributed by atoms with Crippen LogP contribution in [0, 0.1) is 0 Å². The fourth-order valence-electron chi connectivity index (χ4n) is 3.24. The van der Waals surface area contributed by atoms with Gasteiger partial charge in [-0.3, -0.25) is 0 Å². The van der Waals surface area contributed by atoms with Crippen LogP contribution in [-0.4, -0.2) is 16.1 Å². The number of para-hydroxylation sites is 1. The van der Waals surface area contributed by atoms with E-state index in [0.717, 1.165) is 28.8 Å². The Morgan fingerprint density at radius 3 is 3.00 bits per heavy atom. The number of rotatable bonds is 1. The number of anilines is 1. The van der Waals surface area contributed by atoms with Crippen molar-refractivity contribution in [1.82, 2.24) is 9.55 Å². The van der Waals surface area contributed by atoms with Gasteiger partial charge in [0.05, 0.1) is 11.0 Å². The highest BCUT2D eigenvalue weighted by Crippen LogP contribution is 2.36. The highest BCUT2D eigenvalue weighted by atomic mass is 79.9. The van der Waals surface area contributed by atoms with Gasteiger partial charge in [0, 0.05) is 29.7 Å². The molecule has 4 heteroatoms. The molecule has 0 spiro atoms. The van der Waals surface area contributed by atoms with Crippen molar-refractivity contribution >= 4 is 32.7 Å². The number of fused-ring (bicyclic) bond motifs is 2. The van der Waals surface area contributed by atoms with Crippen molar-refractivity contribution in [3.05, 3.63) is 58.3 Å². The number of aryl methyl sites for hydroxylation is 1. The Morgan fingerprint density at radius 2 is 2.10 bits per heavy atom. The Bertz CT molecular complexity index is 822. The van der Waals surface area contributed by atoms with Crippen LogP contribution >= 0.6 is 15.9 Å². The molecular formula is C17H16BrN3. The van der Waals surface area contributed by atoms with Gasteiger partial charge in [-0.25, -0.2) is 4.98 Å². The molecule has 1 unspecified atom stereocenters. The van der Waals surface area contributed by atoms with E-state index < -0.39 is 0 Å². The molecule has 2 aromatic carbocycles. The lowest BCUT2D eigenvalue weighted by atomic mass is 9.90. The van der Waals surface area contributed by atoms with Crippen LogP contribution in [0.4, 0.5) is 5.69 Å². The maximum atomic E-state index is 4.90. The van der Waals surface area contributed by atoms with Gasteiger partial charge in [-0.1, -0.05) is 34.1 Å². The zero-order valence-corrected chi connectivity index (χ0v) is 13.4. The summed E-state index contributed by atoms with van der Waals surface area (Å²) >= 11 is 3.53. The van der Waals surface area contributed by atoms with Crippen LogP contribution in [-0.2, 0) is 7.05 Å². The van der Waals surface area contributed by atoms with Gasteiger partial charge in [0.15, 0.2) is 0 Å². The SMILES string of the molecule is Cn1c(C2CCNc3ccccc32)nc2cc(Br)ccc21. The Labute approximate surface area is 132 Å². The van der Waals surface area contributed by atoms with E-state index in [-0.39, 0.29) is 0 Å². The van der Waals surface area contributed by atoms with Crippen molar-refractivity contribution in [3.8, 4) is 0 Å². The third kappa shape index (κ3) is 2.05. The monoisotopic (exact) mass is 341 g/mol. The average Bonchev–Trinajstić information content (AvgIpc) is 2.83. The van der Waals surface area contributed by atoms with Crippen LogP contribution in [0.3, 0.4) is 0 Å². The summed E-state index contributed by atoms with van der Waals surface area (Å²) in [4.78, 5) is 4.90. The molecule has 106 valence electrons. The first-order valence-corrected chi connectivity index (χ1v) is 7.98. The van der Waals surface area contributed by atoms with Crippen molar-refractivity contribution in [1.29, 1.82) is 0 Å². The molecule has 0 bridgehead atoms. The molecule has 1 atom stereocenters. The van der Waals surface area contributed by atoms with Gasteiger partial charge >= 0.3 is 0 Å². The first kappa shape index (κ1) is 12.9. The maximum Gasteiger partial charge on any atom is 0.117 e. The maximum absolute atomic E-state index is 4.90. The van der Waals surface area contributed by atoms with Crippen LogP contribution in [0.15, 0.2) is 46.9 Å². The quantitative estimate of drug-likeness (QED) is 0.715. The molecule has 3 aromatic rings. The molecule has 1 N–H and O–H groups in total. The molecule has 0 fully saturated rings. The van der Waals surface area contributed by atoms with E-state index in [9.17, 15) is 0 Å². The van der Waals surface area contributed by atoms with E-state index in [0.29, 0.717) is 5.92 Å². The highest BCUT2D eigenvalue weighted by molar-refractivity contribution is 9.10. The van der Waals surface area contributed by atoms with Gasteiger partial charge in [-0.15, -0.1) is 0 Å². The summed E-state index contributed by atoms with van der Waals surface area (Å²) in [7, 11) is 2.11. The third-order valence-corrected chi connectivity index (χ3v) is 4.77. The Balaban J connectivity index is 1.90. The molecule has 0 saturated carbocycles. The van der Waals surface area contributed by atoms with E-state index in [1.54, 1.807) is 0 Å². The fraction of sp³-hybridized carbons (Fsp3) is 0.235. The minimum atomic E-state index is 0.360. The first-order chi connectivity index (χ1) is 10.2. The molecule has 1 aliphatic heterocycles. The minimum absolute atomic E-state index is 0.360. The lowest BCUT2D eigenvalue weighted by Crippen LogP contribution is -2.19. The number of nitrogens with one attached hydrogen (secondary N) is 1. The van der Waals surface area contributed by atoms with Crippen molar-refractivity contribution in [3.63, 3.8) is 0 Å². The summed E-state index contributed by atoms with van der Waals surface area (Å²) in [5.74, 6) is 1.51. The van der Waals surface area contributed by atoms with E-state index in [1.165, 1.54) is 16.8 Å². The number of hydrogen-bond donors (Lipinski definition) is 1. The van der Waals surface area contributed by atoms with Crippen molar-refractivity contribution in [2.24, 2.45) is 7.05 Å². The Kier molecular flexibility index (Phi) is 3.00. The van der Waals surface area contributed by atoms with Crippen LogP contribution in [0.25, 0.3) is 11.0 Å². The van der Waals surface area contributed by atoms with E-state index >= 15 is 0 Å². The molecule has 0 amide bonds. The van der Waals surface area contributed by atoms with Crippen molar-refractivity contribution < 1.29 is 0 Å². The molecule has 3 nitrogen and oxygen atoms in total. The molecule has 1 aliphatic rings. The van der Waals surface area contributed by atoms with E-state index in [4.69, 9.17) is 4.98 Å². The second-order valence-electron chi connectivity index (χ2n) is 5.52. The summed E-state index contributed by atoms with van der Waals surface area (Å²) in [5, 5.41) is 3.48. The van der Waals surface area contributed by atoms with Crippen LogP contribution in [0.1, 0.15) is 23.7 Å². The second-order valence-corrected chi connectivity index (χ2v) is 6.43. The molecule has 0 aliphatic carbocycles. The average molecular weight is 342 g/mol. The number of imidazole rings is 1. The van der Waals surface area contributed by atoms with Gasteiger partial charge in [0.1, 0.15) is 5.82 Å². The molecule has 4 rings (SSSR count). The summed E-state index contributed by atoms with van der Waals surface area (Å²) in [6.07, 6.45) is 1.08. The smallest absolute Gasteiger partial charge is 0.117 e. The number of hydrogen-bond acceptors (Lipinski definition) is 2. The van der Waals surface area contributed by atoms with Crippen LogP contribution in [0.2, 0.25) is 0 Å². The Morgan fingerprint density at radius 1 is 1.24 bits per heavy atom. The fourth-order valence-corrected chi connectivity index (χ4v) is 3.59. The summed E-state index contributed by atoms with van der Waals surface area (Å²) < 4.78 is 3.31. The number of halogens is 1. The predicted molar refractivity (Wildman–Crippen MR) is 89.8 cm³/mol. The number of benzene rings is 2. The largest absolute Gasteiger partial charge is 0.385 e. The lowest BCUT2D eigenvalue weighted by molar-refractivity contribution is 0.649. The normalized spacial score (nSPS) is 17.5. The topological polar surface area (TPSA) is 29.9 Å². The minimum Gasteiger partial charge on any atom is -0.385 e. The van der Waals surface area contributed by atoms with Gasteiger partial charge in [0.2, 0.25) is 0 Å². The van der Waals surface area contributed by atoms with Gasteiger partial charge < -0.3 is 9.88 Å². The van der Waals surface area contributed by atoms with Crippen molar-refractivity contribution in [2.45, 2.75) is 12.3 Å². The summed E-state index contributed by atoms with van der Waals surface area (Å²) in [6.45, 7) is 0.995. The predicted octanol–water partition coefficient (Wildman–Crippen LogP) is 4.28. The summed E-state index contributed by atoms with van der Waals surface area (Å²) in [5.41, 5.74) is 4.82. The Hall–Kier alpha value is -1.81. The second kappa shape index (κ2) is 4.88. The zero-order valence-electron chi connectivity index (χ0n) is 11.8. The van der Waals surface area contributed by atoms with Gasteiger partial charge in [-0.05, 0) is 36.2 Å². The number of nitrogens with zero attached hydrogens (tertiary/aromatic N) is 2. The van der Waals surface area contributed by atoms with E-state index in [2.05, 4.69) is 75.3 Å². The van der Waals surface area contributed by atoms with E-state index in [1.807, 2.05) is 0 Å². The molecule has 2 heterocycles. The van der Waals surface area contributed by atoms with Gasteiger partial charge in [0.25, 0.3) is 0 Å². The third-order valence-electron chi connectivity index (χ3n) is 4.27. The molecule has 0 saturated heterocycles. The van der Waals surface area contributed by atoms with Crippen LogP contribution < -0.4 is 5.32 Å². The molecular weight excluding hydrogens is 326 g/mol. The van der Waals surface area contributed by atoms with Gasteiger partial charge in [-0.2, -0.15) is 0 Å². The highest BCUT2D eigenvalue weighted by Gasteiger charge is 2.25. The van der Waals surface area contributed by atoms with Crippen LogP contribution in [0.5, 0.6) is 0 Å². The molecule has 1 aromatic heterocycles. The van der Waals surface area contributed by atoms with Crippen molar-refractivity contribution in [2.75, 3.05) is 11.9 Å².